The van der Waals surface area contributed by atoms with E-state index in [-0.39, 0.29) is 6.09 Å². The van der Waals surface area contributed by atoms with Gasteiger partial charge in [-0.1, -0.05) is 6.07 Å². The molecule has 0 spiro atoms. The number of carbonyl (C=O) groups is 1. The van der Waals surface area contributed by atoms with Crippen LogP contribution in [0, 0.1) is 0 Å². The molecule has 3 heterocycles. The number of hydrogen-bond acceptors (Lipinski definition) is 6. The van der Waals surface area contributed by atoms with Crippen LogP contribution in [-0.2, 0) is 17.7 Å². The molecule has 1 aliphatic rings. The van der Waals surface area contributed by atoms with E-state index in [1.165, 1.54) is 5.56 Å². The van der Waals surface area contributed by atoms with Crippen molar-refractivity contribution in [1.29, 1.82) is 0 Å². The van der Waals surface area contributed by atoms with Gasteiger partial charge in [0.2, 0.25) is 5.95 Å². The van der Waals surface area contributed by atoms with E-state index in [1.807, 2.05) is 32.9 Å². The molecule has 27 heavy (non-hydrogen) atoms. The predicted octanol–water partition coefficient (Wildman–Crippen LogP) is 3.39. The zero-order chi connectivity index (χ0) is 19.0. The number of nitrogens with zero attached hydrogens (tertiary/aromatic N) is 4. The smallest absolute Gasteiger partial charge is 0.410 e. The largest absolute Gasteiger partial charge is 0.444 e. The van der Waals surface area contributed by atoms with Gasteiger partial charge in [0, 0.05) is 25.0 Å². The summed E-state index contributed by atoms with van der Waals surface area (Å²) in [6.07, 6.45) is 3.94. The number of rotatable bonds is 2. The molecule has 0 fully saturated rings. The van der Waals surface area contributed by atoms with E-state index in [1.54, 1.807) is 17.3 Å². The normalized spacial score (nSPS) is 14.1. The Labute approximate surface area is 157 Å². The number of carbonyl (C=O) groups excluding carboxylic acids is 1. The van der Waals surface area contributed by atoms with Crippen molar-refractivity contribution in [3.63, 3.8) is 0 Å². The van der Waals surface area contributed by atoms with Gasteiger partial charge >= 0.3 is 6.09 Å². The number of benzene rings is 1. The van der Waals surface area contributed by atoms with Gasteiger partial charge in [0.05, 0.1) is 11.6 Å². The van der Waals surface area contributed by atoms with Gasteiger partial charge in [-0.25, -0.2) is 9.78 Å². The summed E-state index contributed by atoms with van der Waals surface area (Å²) in [7, 11) is 0. The molecule has 140 valence electrons. The quantitative estimate of drug-likeness (QED) is 0.722. The summed E-state index contributed by atoms with van der Waals surface area (Å²) < 4.78 is 5.49. The van der Waals surface area contributed by atoms with E-state index in [9.17, 15) is 4.79 Å². The maximum absolute atomic E-state index is 12.4. The van der Waals surface area contributed by atoms with E-state index >= 15 is 0 Å². The molecule has 1 amide bonds. The van der Waals surface area contributed by atoms with Gasteiger partial charge in [-0.05, 0) is 50.5 Å². The van der Waals surface area contributed by atoms with Crippen LogP contribution in [0.4, 0.5) is 16.4 Å². The van der Waals surface area contributed by atoms with Crippen LogP contribution in [0.15, 0.2) is 30.6 Å². The maximum Gasteiger partial charge on any atom is 0.410 e. The molecule has 0 unspecified atom stereocenters. The highest BCUT2D eigenvalue weighted by Crippen LogP contribution is 2.25. The Morgan fingerprint density at radius 1 is 1.26 bits per heavy atom. The predicted molar refractivity (Wildman–Crippen MR) is 102 cm³/mol. The number of amides is 1. The van der Waals surface area contributed by atoms with Gasteiger partial charge in [0.1, 0.15) is 5.60 Å². The Hall–Kier alpha value is -3.16. The summed E-state index contributed by atoms with van der Waals surface area (Å²) in [6, 6.07) is 6.12. The van der Waals surface area contributed by atoms with Crippen molar-refractivity contribution in [3.8, 4) is 0 Å². The molecule has 0 aliphatic carbocycles. The van der Waals surface area contributed by atoms with Crippen LogP contribution < -0.4 is 5.32 Å². The van der Waals surface area contributed by atoms with Crippen LogP contribution in [0.1, 0.15) is 31.9 Å². The van der Waals surface area contributed by atoms with Crippen molar-refractivity contribution in [3.05, 3.63) is 41.7 Å². The van der Waals surface area contributed by atoms with Crippen LogP contribution in [0.25, 0.3) is 11.0 Å². The average Bonchev–Trinajstić information content (AvgIpc) is 3.07. The fourth-order valence-electron chi connectivity index (χ4n) is 3.04. The SMILES string of the molecule is CC(C)(C)OC(=O)N1CCc2ccc(Nc3ncc4cn[nH]c4n3)cc2C1. The van der Waals surface area contributed by atoms with E-state index < -0.39 is 5.60 Å². The Balaban J connectivity index is 1.51. The maximum atomic E-state index is 12.4. The number of fused-ring (bicyclic) bond motifs is 2. The van der Waals surface area contributed by atoms with Crippen molar-refractivity contribution in [2.45, 2.75) is 39.3 Å². The summed E-state index contributed by atoms with van der Waals surface area (Å²) in [4.78, 5) is 22.8. The fraction of sp³-hybridized carbons (Fsp3) is 0.368. The standard InChI is InChI=1S/C19H22N6O2/c1-19(2,3)27-18(26)25-7-6-12-4-5-15(8-13(12)11-25)22-17-20-9-14-10-21-24-16(14)23-17/h4-5,8-10H,6-7,11H2,1-3H3,(H2,20,21,22,23,24). The summed E-state index contributed by atoms with van der Waals surface area (Å²) in [5.74, 6) is 0.492. The van der Waals surface area contributed by atoms with E-state index in [0.29, 0.717) is 24.7 Å². The topological polar surface area (TPSA) is 96.0 Å². The molecule has 0 saturated carbocycles. The molecule has 8 heteroatoms. The second-order valence-corrected chi connectivity index (χ2v) is 7.63. The Morgan fingerprint density at radius 2 is 2.11 bits per heavy atom. The van der Waals surface area contributed by atoms with Crippen molar-refractivity contribution < 1.29 is 9.53 Å². The number of hydrogen-bond donors (Lipinski definition) is 2. The number of aromatic nitrogens is 4. The summed E-state index contributed by atoms with van der Waals surface area (Å²) in [5.41, 5.74) is 3.40. The molecule has 2 N–H and O–H groups in total. The first-order valence-electron chi connectivity index (χ1n) is 8.90. The van der Waals surface area contributed by atoms with Crippen LogP contribution in [0.2, 0.25) is 0 Å². The van der Waals surface area contributed by atoms with Gasteiger partial charge in [0.15, 0.2) is 5.65 Å². The second kappa shape index (κ2) is 6.53. The number of aromatic amines is 1. The fourth-order valence-corrected chi connectivity index (χ4v) is 3.04. The zero-order valence-corrected chi connectivity index (χ0v) is 15.6. The Bertz CT molecular complexity index is 991. The molecule has 8 nitrogen and oxygen atoms in total. The third kappa shape index (κ3) is 3.84. The third-order valence-electron chi connectivity index (χ3n) is 4.32. The first-order valence-corrected chi connectivity index (χ1v) is 8.90. The van der Waals surface area contributed by atoms with Crippen molar-refractivity contribution in [2.75, 3.05) is 11.9 Å². The van der Waals surface area contributed by atoms with Crippen molar-refractivity contribution in [1.82, 2.24) is 25.1 Å². The lowest BCUT2D eigenvalue weighted by Crippen LogP contribution is -2.39. The van der Waals surface area contributed by atoms with Gasteiger partial charge < -0.3 is 15.0 Å². The van der Waals surface area contributed by atoms with Gasteiger partial charge in [-0.3, -0.25) is 5.10 Å². The molecule has 0 bridgehead atoms. The van der Waals surface area contributed by atoms with E-state index in [0.717, 1.165) is 23.1 Å². The Morgan fingerprint density at radius 3 is 2.93 bits per heavy atom. The first kappa shape index (κ1) is 17.3. The highest BCUT2D eigenvalue weighted by Gasteiger charge is 2.25. The van der Waals surface area contributed by atoms with E-state index in [2.05, 4.69) is 31.5 Å². The molecular formula is C19H22N6O2. The van der Waals surface area contributed by atoms with Gasteiger partial charge in [-0.15, -0.1) is 0 Å². The van der Waals surface area contributed by atoms with E-state index in [4.69, 9.17) is 4.74 Å². The summed E-state index contributed by atoms with van der Waals surface area (Å²) in [6.45, 7) is 6.82. The molecule has 0 saturated heterocycles. The molecule has 1 aromatic carbocycles. The highest BCUT2D eigenvalue weighted by atomic mass is 16.6. The lowest BCUT2D eigenvalue weighted by Gasteiger charge is -2.31. The highest BCUT2D eigenvalue weighted by molar-refractivity contribution is 5.74. The molecule has 0 atom stereocenters. The minimum Gasteiger partial charge on any atom is -0.444 e. The first-order chi connectivity index (χ1) is 12.9. The molecule has 4 rings (SSSR count). The monoisotopic (exact) mass is 366 g/mol. The molecular weight excluding hydrogens is 344 g/mol. The van der Waals surface area contributed by atoms with Crippen LogP contribution >= 0.6 is 0 Å². The second-order valence-electron chi connectivity index (χ2n) is 7.63. The lowest BCUT2D eigenvalue weighted by atomic mass is 9.99. The minimum atomic E-state index is -0.497. The minimum absolute atomic E-state index is 0.278. The number of nitrogens with one attached hydrogen (secondary N) is 2. The summed E-state index contributed by atoms with van der Waals surface area (Å²) >= 11 is 0. The molecule has 3 aromatic rings. The summed E-state index contributed by atoms with van der Waals surface area (Å²) in [5, 5.41) is 10.9. The molecule has 2 aromatic heterocycles. The van der Waals surface area contributed by atoms with Crippen molar-refractivity contribution >= 4 is 28.8 Å². The van der Waals surface area contributed by atoms with Crippen LogP contribution in [0.3, 0.4) is 0 Å². The van der Waals surface area contributed by atoms with Gasteiger partial charge in [0.25, 0.3) is 0 Å². The zero-order valence-electron chi connectivity index (χ0n) is 15.6. The van der Waals surface area contributed by atoms with Crippen molar-refractivity contribution in [2.24, 2.45) is 0 Å². The van der Waals surface area contributed by atoms with Crippen LogP contribution in [-0.4, -0.2) is 43.3 Å². The number of ether oxygens (including phenoxy) is 1. The number of H-pyrrole nitrogens is 1. The van der Waals surface area contributed by atoms with Gasteiger partial charge in [-0.2, -0.15) is 10.1 Å². The third-order valence-corrected chi connectivity index (χ3v) is 4.32. The average molecular weight is 366 g/mol. The lowest BCUT2D eigenvalue weighted by molar-refractivity contribution is 0.0224. The molecule has 1 aliphatic heterocycles. The van der Waals surface area contributed by atoms with Crippen LogP contribution in [0.5, 0.6) is 0 Å². The Kier molecular flexibility index (Phi) is 4.18. The molecule has 0 radical (unpaired) electrons. The number of anilines is 2.